The Morgan fingerprint density at radius 2 is 1.97 bits per heavy atom. The van der Waals surface area contributed by atoms with Crippen LogP contribution in [-0.2, 0) is 37.2 Å². The molecular formula is C27H37N3O5S2. The molecule has 0 spiro atoms. The van der Waals surface area contributed by atoms with E-state index in [0.717, 1.165) is 36.1 Å². The van der Waals surface area contributed by atoms with Crippen molar-refractivity contribution in [3.8, 4) is 0 Å². The highest BCUT2D eigenvalue weighted by Crippen LogP contribution is 2.36. The molecule has 0 saturated carbocycles. The van der Waals surface area contributed by atoms with E-state index in [1.807, 2.05) is 23.6 Å². The zero-order valence-electron chi connectivity index (χ0n) is 21.8. The average Bonchev–Trinajstić information content (AvgIpc) is 3.35. The van der Waals surface area contributed by atoms with Gasteiger partial charge in [0.15, 0.2) is 0 Å². The molecule has 1 aromatic carbocycles. The van der Waals surface area contributed by atoms with E-state index < -0.39 is 16.1 Å². The van der Waals surface area contributed by atoms with Gasteiger partial charge >= 0.3 is 5.97 Å². The van der Waals surface area contributed by atoms with E-state index in [0.29, 0.717) is 44.3 Å². The maximum absolute atomic E-state index is 13.7. The Balaban J connectivity index is 1.49. The second-order valence-corrected chi connectivity index (χ2v) is 13.6. The Morgan fingerprint density at radius 1 is 1.22 bits per heavy atom. The van der Waals surface area contributed by atoms with Crippen molar-refractivity contribution >= 4 is 38.9 Å². The Hall–Kier alpha value is -2.43. The molecule has 1 aromatic heterocycles. The lowest BCUT2D eigenvalue weighted by atomic mass is 9.82. The van der Waals surface area contributed by atoms with Crippen molar-refractivity contribution in [1.29, 1.82) is 0 Å². The molecule has 1 atom stereocenters. The molecule has 2 aromatic rings. The molecule has 202 valence electrons. The van der Waals surface area contributed by atoms with Crippen LogP contribution in [0.2, 0.25) is 0 Å². The smallest absolute Gasteiger partial charge is 0.302 e. The number of sulfonamides is 1. The van der Waals surface area contributed by atoms with Crippen molar-refractivity contribution in [3.05, 3.63) is 46.2 Å². The van der Waals surface area contributed by atoms with Crippen LogP contribution in [0.3, 0.4) is 0 Å². The third kappa shape index (κ3) is 7.12. The number of thiophene rings is 1. The first-order valence-electron chi connectivity index (χ1n) is 12.9. The van der Waals surface area contributed by atoms with E-state index in [1.165, 1.54) is 18.3 Å². The van der Waals surface area contributed by atoms with Gasteiger partial charge in [-0.25, -0.2) is 8.42 Å². The first-order chi connectivity index (χ1) is 17.5. The highest BCUT2D eigenvalue weighted by atomic mass is 32.2. The number of carbonyl (C=O) groups is 2. The van der Waals surface area contributed by atoms with Crippen LogP contribution in [0.5, 0.6) is 0 Å². The van der Waals surface area contributed by atoms with Crippen LogP contribution in [-0.4, -0.2) is 57.5 Å². The molecule has 37 heavy (non-hydrogen) atoms. The van der Waals surface area contributed by atoms with Gasteiger partial charge < -0.3 is 15.0 Å². The first kappa shape index (κ1) is 27.6. The number of nitrogens with one attached hydrogen (secondary N) is 2. The zero-order chi connectivity index (χ0) is 26.6. The maximum atomic E-state index is 13.7. The van der Waals surface area contributed by atoms with Crippen molar-refractivity contribution in [1.82, 2.24) is 9.62 Å². The monoisotopic (exact) mass is 547 g/mol. The number of piperidine rings is 1. The van der Waals surface area contributed by atoms with Gasteiger partial charge in [-0.15, -0.1) is 11.3 Å². The number of esters is 1. The van der Waals surface area contributed by atoms with Crippen molar-refractivity contribution in [3.63, 3.8) is 0 Å². The molecule has 2 aliphatic rings. The van der Waals surface area contributed by atoms with Gasteiger partial charge in [-0.05, 0) is 60.1 Å². The number of benzene rings is 1. The lowest BCUT2D eigenvalue weighted by molar-refractivity contribution is -0.141. The van der Waals surface area contributed by atoms with E-state index in [-0.39, 0.29) is 22.2 Å². The Kier molecular flexibility index (Phi) is 8.60. The summed E-state index contributed by atoms with van der Waals surface area (Å²) in [7, 11) is -3.96. The largest absolute Gasteiger partial charge is 0.466 e. The van der Waals surface area contributed by atoms with Gasteiger partial charge in [0.1, 0.15) is 10.9 Å². The summed E-state index contributed by atoms with van der Waals surface area (Å²) in [4.78, 5) is 27.6. The lowest BCUT2D eigenvalue weighted by Gasteiger charge is -2.35. The summed E-state index contributed by atoms with van der Waals surface area (Å²) >= 11 is 1.51. The van der Waals surface area contributed by atoms with Gasteiger partial charge in [0.25, 0.3) is 0 Å². The number of para-hydroxylation sites is 1. The number of amides is 1. The molecule has 2 N–H and O–H groups in total. The van der Waals surface area contributed by atoms with Crippen LogP contribution in [0.15, 0.2) is 40.6 Å². The molecule has 1 fully saturated rings. The predicted octanol–water partition coefficient (Wildman–Crippen LogP) is 3.82. The number of likely N-dealkylation sites (tertiary alicyclic amines) is 1. The summed E-state index contributed by atoms with van der Waals surface area (Å²) in [6, 6.07) is 8.28. The normalized spacial score (nSPS) is 18.5. The Labute approximate surface area is 223 Å². The number of fused-ring (bicyclic) bond motifs is 1. The van der Waals surface area contributed by atoms with E-state index in [2.05, 4.69) is 23.9 Å². The van der Waals surface area contributed by atoms with Crippen LogP contribution in [0.25, 0.3) is 0 Å². The standard InChI is InChI=1S/C27H37N3O5S2/c1-19(31)35-14-11-20-9-12-30(13-10-20)26(32)23(16-22-7-5-15-36-22)29-37(33,34)24-8-4-6-21-17-27(2,3)18-28-25(21)24/h4-8,15,20,23,28-29H,9-14,16-18H2,1-3H3. The summed E-state index contributed by atoms with van der Waals surface area (Å²) in [6.45, 7) is 7.89. The molecule has 3 heterocycles. The minimum atomic E-state index is -3.96. The van der Waals surface area contributed by atoms with Gasteiger partial charge in [0, 0.05) is 37.9 Å². The molecule has 0 radical (unpaired) electrons. The van der Waals surface area contributed by atoms with Crippen LogP contribution in [0.1, 0.15) is 50.5 Å². The third-order valence-corrected chi connectivity index (χ3v) is 9.57. The maximum Gasteiger partial charge on any atom is 0.302 e. The number of hydrogen-bond acceptors (Lipinski definition) is 7. The third-order valence-electron chi connectivity index (χ3n) is 7.15. The topological polar surface area (TPSA) is 105 Å². The molecule has 0 aliphatic carbocycles. The van der Waals surface area contributed by atoms with E-state index in [9.17, 15) is 18.0 Å². The highest BCUT2D eigenvalue weighted by molar-refractivity contribution is 7.89. The van der Waals surface area contributed by atoms with Crippen LogP contribution in [0, 0.1) is 11.3 Å². The first-order valence-corrected chi connectivity index (χ1v) is 15.2. The second kappa shape index (κ2) is 11.5. The number of rotatable bonds is 9. The summed E-state index contributed by atoms with van der Waals surface area (Å²) < 4.78 is 35.1. The summed E-state index contributed by atoms with van der Waals surface area (Å²) in [6.07, 6.45) is 3.46. The summed E-state index contributed by atoms with van der Waals surface area (Å²) in [5.41, 5.74) is 1.63. The molecule has 4 rings (SSSR count). The predicted molar refractivity (Wildman–Crippen MR) is 145 cm³/mol. The minimum Gasteiger partial charge on any atom is -0.466 e. The quantitative estimate of drug-likeness (QED) is 0.463. The Bertz CT molecular complexity index is 1200. The summed E-state index contributed by atoms with van der Waals surface area (Å²) in [5, 5.41) is 5.25. The zero-order valence-corrected chi connectivity index (χ0v) is 23.4. The number of anilines is 1. The molecule has 8 nitrogen and oxygen atoms in total. The van der Waals surface area contributed by atoms with E-state index in [1.54, 1.807) is 17.0 Å². The Morgan fingerprint density at radius 3 is 2.65 bits per heavy atom. The van der Waals surface area contributed by atoms with Gasteiger partial charge in [0.2, 0.25) is 15.9 Å². The molecular weight excluding hydrogens is 510 g/mol. The summed E-state index contributed by atoms with van der Waals surface area (Å²) in [5.74, 6) is -0.105. The molecule has 0 bridgehead atoms. The molecule has 2 aliphatic heterocycles. The van der Waals surface area contributed by atoms with Gasteiger partial charge in [-0.3, -0.25) is 9.59 Å². The fraction of sp³-hybridized carbons (Fsp3) is 0.556. The van der Waals surface area contributed by atoms with Crippen molar-refractivity contribution in [2.24, 2.45) is 11.3 Å². The fourth-order valence-corrected chi connectivity index (χ4v) is 7.31. The minimum absolute atomic E-state index is 0.0325. The molecule has 1 unspecified atom stereocenters. The number of ether oxygens (including phenoxy) is 1. The number of hydrogen-bond donors (Lipinski definition) is 2. The van der Waals surface area contributed by atoms with Crippen molar-refractivity contribution in [2.45, 2.75) is 63.8 Å². The second-order valence-electron chi connectivity index (χ2n) is 10.8. The van der Waals surface area contributed by atoms with Crippen molar-refractivity contribution in [2.75, 3.05) is 31.6 Å². The number of carbonyl (C=O) groups excluding carboxylic acids is 2. The van der Waals surface area contributed by atoms with Crippen molar-refractivity contribution < 1.29 is 22.7 Å². The van der Waals surface area contributed by atoms with Gasteiger partial charge in [-0.2, -0.15) is 4.72 Å². The van der Waals surface area contributed by atoms with Crippen LogP contribution < -0.4 is 10.0 Å². The highest BCUT2D eigenvalue weighted by Gasteiger charge is 2.35. The molecule has 1 saturated heterocycles. The lowest BCUT2D eigenvalue weighted by Crippen LogP contribution is -2.51. The molecule has 1 amide bonds. The van der Waals surface area contributed by atoms with E-state index >= 15 is 0 Å². The van der Waals surface area contributed by atoms with Gasteiger partial charge in [0.05, 0.1) is 12.3 Å². The SMILES string of the molecule is CC(=O)OCCC1CCN(C(=O)C(Cc2cccs2)NS(=O)(=O)c2cccc3c2NCC(C)(C)C3)CC1. The molecule has 10 heteroatoms. The fourth-order valence-electron chi connectivity index (χ4n) is 5.15. The van der Waals surface area contributed by atoms with Crippen LogP contribution in [0.4, 0.5) is 5.69 Å². The van der Waals surface area contributed by atoms with E-state index in [4.69, 9.17) is 4.74 Å². The number of nitrogens with zero attached hydrogens (tertiary/aromatic N) is 1. The van der Waals surface area contributed by atoms with Crippen LogP contribution >= 0.6 is 11.3 Å². The van der Waals surface area contributed by atoms with Gasteiger partial charge in [-0.1, -0.05) is 32.0 Å². The average molecular weight is 548 g/mol.